The quantitative estimate of drug-likeness (QED) is 0.670. The fraction of sp³-hybridized carbons (Fsp3) is 0.409. The van der Waals surface area contributed by atoms with E-state index in [1.807, 2.05) is 12.1 Å². The van der Waals surface area contributed by atoms with Gasteiger partial charge in [0.2, 0.25) is 15.9 Å². The summed E-state index contributed by atoms with van der Waals surface area (Å²) in [6.07, 6.45) is 3.61. The maximum atomic E-state index is 12.7. The predicted octanol–water partition coefficient (Wildman–Crippen LogP) is 3.41. The molecule has 2 aromatic rings. The van der Waals surface area contributed by atoms with E-state index in [2.05, 4.69) is 22.3 Å². The second-order valence-electron chi connectivity index (χ2n) is 7.73. The monoisotopic (exact) mass is 449 g/mol. The minimum Gasteiger partial charge on any atom is -0.350 e. The summed E-state index contributed by atoms with van der Waals surface area (Å²) in [6.45, 7) is 5.15. The van der Waals surface area contributed by atoms with E-state index >= 15 is 0 Å². The summed E-state index contributed by atoms with van der Waals surface area (Å²) in [6, 6.07) is 13.7. The lowest BCUT2D eigenvalue weighted by Crippen LogP contribution is -2.47. The van der Waals surface area contributed by atoms with Gasteiger partial charge in [0.25, 0.3) is 0 Å². The van der Waals surface area contributed by atoms with Crippen molar-refractivity contribution in [2.75, 3.05) is 23.7 Å². The van der Waals surface area contributed by atoms with Crippen LogP contribution in [0.2, 0.25) is 5.02 Å². The number of halogens is 1. The van der Waals surface area contributed by atoms with Gasteiger partial charge in [0.15, 0.2) is 0 Å². The van der Waals surface area contributed by atoms with Crippen molar-refractivity contribution in [3.05, 3.63) is 64.7 Å². The zero-order valence-electron chi connectivity index (χ0n) is 17.3. The molecular weight excluding hydrogens is 422 g/mol. The van der Waals surface area contributed by atoms with Crippen molar-refractivity contribution in [3.8, 4) is 0 Å². The number of benzene rings is 2. The Labute approximate surface area is 183 Å². The Kier molecular flexibility index (Phi) is 7.39. The summed E-state index contributed by atoms with van der Waals surface area (Å²) in [5.74, 6) is -0.374. The topological polar surface area (TPSA) is 69.7 Å². The van der Waals surface area contributed by atoms with Gasteiger partial charge in [-0.3, -0.25) is 14.0 Å². The van der Waals surface area contributed by atoms with Crippen LogP contribution in [0.15, 0.2) is 48.5 Å². The first-order valence-corrected chi connectivity index (χ1v) is 12.3. The molecule has 8 heteroatoms. The predicted molar refractivity (Wildman–Crippen MR) is 121 cm³/mol. The van der Waals surface area contributed by atoms with Crippen molar-refractivity contribution in [3.63, 3.8) is 0 Å². The third-order valence-electron chi connectivity index (χ3n) is 5.25. The van der Waals surface area contributed by atoms with Gasteiger partial charge in [-0.25, -0.2) is 8.42 Å². The molecule has 0 aromatic heterocycles. The summed E-state index contributed by atoms with van der Waals surface area (Å²) in [5.41, 5.74) is 2.58. The van der Waals surface area contributed by atoms with E-state index < -0.39 is 16.1 Å². The number of carbonyl (C=O) groups excluding carboxylic acids is 1. The summed E-state index contributed by atoms with van der Waals surface area (Å²) in [4.78, 5) is 15.1. The van der Waals surface area contributed by atoms with Crippen LogP contribution in [-0.2, 0) is 27.9 Å². The van der Waals surface area contributed by atoms with E-state index in [1.165, 1.54) is 24.5 Å². The third-order valence-corrected chi connectivity index (χ3v) is 6.72. The third kappa shape index (κ3) is 5.97. The standard InChI is InChI=1S/C22H28ClN3O3S/c1-17(26(30(2,28)29)21-7-5-6-20(23)14-21)22(27)24-15-18-8-10-19(11-9-18)16-25-12-3-4-13-25/h5-11,14,17H,3-4,12-13,15-16H2,1-2H3,(H,24,27)/t17-/m0/s1. The number of hydrogen-bond acceptors (Lipinski definition) is 4. The second-order valence-corrected chi connectivity index (χ2v) is 10.0. The van der Waals surface area contributed by atoms with E-state index in [1.54, 1.807) is 25.1 Å². The van der Waals surface area contributed by atoms with Gasteiger partial charge < -0.3 is 5.32 Å². The first-order valence-electron chi connectivity index (χ1n) is 10.1. The molecule has 3 rings (SSSR count). The highest BCUT2D eigenvalue weighted by Crippen LogP contribution is 2.24. The molecule has 2 aromatic carbocycles. The second kappa shape index (κ2) is 9.81. The number of rotatable bonds is 8. The van der Waals surface area contributed by atoms with E-state index in [-0.39, 0.29) is 5.91 Å². The Morgan fingerprint density at radius 3 is 2.37 bits per heavy atom. The van der Waals surface area contributed by atoms with Crippen molar-refractivity contribution in [1.29, 1.82) is 0 Å². The van der Waals surface area contributed by atoms with Crippen LogP contribution in [0.4, 0.5) is 5.69 Å². The van der Waals surface area contributed by atoms with Crippen molar-refractivity contribution in [1.82, 2.24) is 10.2 Å². The highest BCUT2D eigenvalue weighted by Gasteiger charge is 2.29. The molecule has 1 fully saturated rings. The van der Waals surface area contributed by atoms with Gasteiger partial charge in [0, 0.05) is 18.1 Å². The van der Waals surface area contributed by atoms with Gasteiger partial charge in [-0.15, -0.1) is 0 Å². The van der Waals surface area contributed by atoms with Crippen LogP contribution in [0.25, 0.3) is 0 Å². The molecule has 1 atom stereocenters. The van der Waals surface area contributed by atoms with Crippen LogP contribution in [0.3, 0.4) is 0 Å². The fourth-order valence-corrected chi connectivity index (χ4v) is 5.07. The molecule has 162 valence electrons. The Morgan fingerprint density at radius 1 is 1.13 bits per heavy atom. The highest BCUT2D eigenvalue weighted by molar-refractivity contribution is 7.92. The van der Waals surface area contributed by atoms with Crippen molar-refractivity contribution >= 4 is 33.2 Å². The molecule has 1 amide bonds. The smallest absolute Gasteiger partial charge is 0.243 e. The first-order chi connectivity index (χ1) is 14.2. The molecule has 1 heterocycles. The van der Waals surface area contributed by atoms with Crippen LogP contribution in [0.5, 0.6) is 0 Å². The number of sulfonamides is 1. The average Bonchev–Trinajstić information content (AvgIpc) is 3.19. The maximum absolute atomic E-state index is 12.7. The lowest BCUT2D eigenvalue weighted by molar-refractivity contribution is -0.122. The van der Waals surface area contributed by atoms with Crippen molar-refractivity contribution in [2.24, 2.45) is 0 Å². The van der Waals surface area contributed by atoms with E-state index in [4.69, 9.17) is 11.6 Å². The average molecular weight is 450 g/mol. The molecule has 1 aliphatic heterocycles. The molecule has 0 aliphatic carbocycles. The number of nitrogens with zero attached hydrogens (tertiary/aromatic N) is 2. The Balaban J connectivity index is 1.62. The largest absolute Gasteiger partial charge is 0.350 e. The molecule has 0 unspecified atom stereocenters. The fourth-order valence-electron chi connectivity index (χ4n) is 3.72. The minimum absolute atomic E-state index is 0.334. The number of nitrogens with one attached hydrogen (secondary N) is 1. The molecule has 30 heavy (non-hydrogen) atoms. The van der Waals surface area contributed by atoms with Crippen molar-refractivity contribution < 1.29 is 13.2 Å². The van der Waals surface area contributed by atoms with E-state index in [0.717, 1.165) is 35.8 Å². The maximum Gasteiger partial charge on any atom is 0.243 e. The molecule has 0 spiro atoms. The number of carbonyl (C=O) groups is 1. The first kappa shape index (κ1) is 22.6. The molecule has 0 radical (unpaired) electrons. The van der Waals surface area contributed by atoms with Gasteiger partial charge in [0.1, 0.15) is 6.04 Å². The van der Waals surface area contributed by atoms with E-state index in [9.17, 15) is 13.2 Å². The summed E-state index contributed by atoms with van der Waals surface area (Å²) < 4.78 is 25.8. The van der Waals surface area contributed by atoms with Crippen LogP contribution in [-0.4, -0.2) is 44.6 Å². The van der Waals surface area contributed by atoms with Gasteiger partial charge in [0.05, 0.1) is 11.9 Å². The van der Waals surface area contributed by atoms with Crippen molar-refractivity contribution in [2.45, 2.75) is 38.9 Å². The molecule has 0 bridgehead atoms. The minimum atomic E-state index is -3.67. The normalized spacial score (nSPS) is 15.7. The Bertz CT molecular complexity index is 973. The zero-order valence-corrected chi connectivity index (χ0v) is 18.9. The Morgan fingerprint density at radius 2 is 1.77 bits per heavy atom. The lowest BCUT2D eigenvalue weighted by atomic mass is 10.1. The summed E-state index contributed by atoms with van der Waals surface area (Å²) in [5, 5.41) is 3.25. The molecule has 1 saturated heterocycles. The van der Waals surface area contributed by atoms with Gasteiger partial charge in [-0.2, -0.15) is 0 Å². The number of anilines is 1. The molecule has 1 aliphatic rings. The lowest BCUT2D eigenvalue weighted by Gasteiger charge is -2.28. The molecule has 0 saturated carbocycles. The van der Waals surface area contributed by atoms with Gasteiger partial charge >= 0.3 is 0 Å². The molecule has 6 nitrogen and oxygen atoms in total. The molecular formula is C22H28ClN3O3S. The zero-order chi connectivity index (χ0) is 21.7. The van der Waals surface area contributed by atoms with E-state index in [0.29, 0.717) is 17.3 Å². The van der Waals surface area contributed by atoms with Crippen LogP contribution >= 0.6 is 11.6 Å². The summed E-state index contributed by atoms with van der Waals surface area (Å²) >= 11 is 6.01. The number of hydrogen-bond donors (Lipinski definition) is 1. The number of amides is 1. The van der Waals surface area contributed by atoms with Crippen LogP contribution in [0, 0.1) is 0 Å². The molecule has 1 N–H and O–H groups in total. The van der Waals surface area contributed by atoms with Crippen LogP contribution in [0.1, 0.15) is 30.9 Å². The Hall–Kier alpha value is -2.09. The highest BCUT2D eigenvalue weighted by atomic mass is 35.5. The van der Waals surface area contributed by atoms with Gasteiger partial charge in [-0.05, 0) is 62.2 Å². The SMILES string of the molecule is C[C@@H](C(=O)NCc1ccc(CN2CCCC2)cc1)N(c1cccc(Cl)c1)S(C)(=O)=O. The summed E-state index contributed by atoms with van der Waals surface area (Å²) in [7, 11) is -3.67. The van der Waals surface area contributed by atoms with Crippen LogP contribution < -0.4 is 9.62 Å². The van der Waals surface area contributed by atoms with Gasteiger partial charge in [-0.1, -0.05) is 41.9 Å². The number of likely N-dealkylation sites (tertiary alicyclic amines) is 1.